The van der Waals surface area contributed by atoms with Crippen LogP contribution in [-0.2, 0) is 11.3 Å². The maximum atomic E-state index is 12.2. The van der Waals surface area contributed by atoms with E-state index in [1.54, 1.807) is 0 Å². The fourth-order valence-corrected chi connectivity index (χ4v) is 3.79. The third kappa shape index (κ3) is 3.16. The van der Waals surface area contributed by atoms with Gasteiger partial charge in [-0.3, -0.25) is 9.78 Å². The van der Waals surface area contributed by atoms with Crippen molar-refractivity contribution in [3.8, 4) is 0 Å². The molecule has 0 radical (unpaired) electrons. The highest BCUT2D eigenvalue weighted by Crippen LogP contribution is 2.32. The van der Waals surface area contributed by atoms with E-state index in [2.05, 4.69) is 46.4 Å². The lowest BCUT2D eigenvalue weighted by Gasteiger charge is -2.37. The molecule has 2 aliphatic rings. The van der Waals surface area contributed by atoms with Crippen LogP contribution in [0.5, 0.6) is 0 Å². The van der Waals surface area contributed by atoms with Gasteiger partial charge in [0.05, 0.1) is 5.52 Å². The summed E-state index contributed by atoms with van der Waals surface area (Å²) in [5, 5.41) is 4.90. The summed E-state index contributed by atoms with van der Waals surface area (Å²) in [7, 11) is 0. The number of benzene rings is 1. The number of carbonyl (C=O) groups is 1. The zero-order valence-corrected chi connectivity index (χ0v) is 14.2. The van der Waals surface area contributed by atoms with Crippen molar-refractivity contribution in [2.75, 3.05) is 13.1 Å². The van der Waals surface area contributed by atoms with Gasteiger partial charge in [0, 0.05) is 43.2 Å². The van der Waals surface area contributed by atoms with Gasteiger partial charge in [-0.2, -0.15) is 0 Å². The topological polar surface area (TPSA) is 45.2 Å². The number of piperidine rings is 1. The molecule has 2 heterocycles. The van der Waals surface area contributed by atoms with Gasteiger partial charge in [-0.05, 0) is 36.8 Å². The highest BCUT2D eigenvalue weighted by molar-refractivity contribution is 5.82. The maximum Gasteiger partial charge on any atom is 0.225 e. The Labute approximate surface area is 143 Å². The normalized spacial score (nSPS) is 24.3. The van der Waals surface area contributed by atoms with E-state index in [1.165, 1.54) is 10.9 Å². The SMILES string of the molecule is C[C@H]1CN(C(=O)C2CC2)CC[C@H]1NCc1cccc2cccnc12. The number of carbonyl (C=O) groups excluding carboxylic acids is 1. The number of rotatable bonds is 4. The van der Waals surface area contributed by atoms with Crippen LogP contribution in [-0.4, -0.2) is 34.9 Å². The molecule has 2 fully saturated rings. The molecule has 1 N–H and O–H groups in total. The summed E-state index contributed by atoms with van der Waals surface area (Å²) >= 11 is 0. The van der Waals surface area contributed by atoms with Crippen LogP contribution < -0.4 is 5.32 Å². The fraction of sp³-hybridized carbons (Fsp3) is 0.500. The van der Waals surface area contributed by atoms with Crippen LogP contribution >= 0.6 is 0 Å². The van der Waals surface area contributed by atoms with Crippen molar-refractivity contribution in [2.24, 2.45) is 11.8 Å². The van der Waals surface area contributed by atoms with Gasteiger partial charge in [0.1, 0.15) is 0 Å². The van der Waals surface area contributed by atoms with E-state index >= 15 is 0 Å². The molecule has 1 amide bonds. The van der Waals surface area contributed by atoms with Crippen molar-refractivity contribution in [3.05, 3.63) is 42.1 Å². The van der Waals surface area contributed by atoms with E-state index < -0.39 is 0 Å². The Morgan fingerprint density at radius 2 is 2.08 bits per heavy atom. The Kier molecular flexibility index (Phi) is 4.23. The van der Waals surface area contributed by atoms with Crippen LogP contribution in [0, 0.1) is 11.8 Å². The molecule has 0 spiro atoms. The van der Waals surface area contributed by atoms with E-state index in [0.717, 1.165) is 44.4 Å². The third-order valence-corrected chi connectivity index (χ3v) is 5.41. The Hall–Kier alpha value is -1.94. The molecule has 4 rings (SSSR count). The molecule has 2 atom stereocenters. The fourth-order valence-electron chi connectivity index (χ4n) is 3.79. The Bertz CT molecular complexity index is 735. The lowest BCUT2D eigenvalue weighted by Crippen LogP contribution is -2.50. The molecule has 2 aromatic rings. The first-order valence-electron chi connectivity index (χ1n) is 9.07. The van der Waals surface area contributed by atoms with Crippen LogP contribution in [0.25, 0.3) is 10.9 Å². The van der Waals surface area contributed by atoms with Crippen LogP contribution in [0.1, 0.15) is 31.7 Å². The monoisotopic (exact) mass is 323 g/mol. The predicted octanol–water partition coefficient (Wildman–Crippen LogP) is 2.97. The number of para-hydroxylation sites is 1. The van der Waals surface area contributed by atoms with Gasteiger partial charge >= 0.3 is 0 Å². The second-order valence-corrected chi connectivity index (χ2v) is 7.30. The van der Waals surface area contributed by atoms with Gasteiger partial charge in [-0.25, -0.2) is 0 Å². The molecule has 0 bridgehead atoms. The standard InChI is InChI=1S/C20H25N3O/c1-14-13-23(20(24)16-7-8-16)11-9-18(14)22-12-17-5-2-4-15-6-3-10-21-19(15)17/h2-6,10,14,16,18,22H,7-9,11-13H2,1H3/t14-,18+/m0/s1. The summed E-state index contributed by atoms with van der Waals surface area (Å²) in [5.74, 6) is 1.21. The van der Waals surface area contributed by atoms with Crippen LogP contribution in [0.2, 0.25) is 0 Å². The summed E-state index contributed by atoms with van der Waals surface area (Å²) < 4.78 is 0. The molecule has 1 aromatic carbocycles. The number of pyridine rings is 1. The van der Waals surface area contributed by atoms with Crippen LogP contribution in [0.15, 0.2) is 36.5 Å². The lowest BCUT2D eigenvalue weighted by atomic mass is 9.93. The molecule has 1 saturated heterocycles. The second kappa shape index (κ2) is 6.52. The van der Waals surface area contributed by atoms with Crippen LogP contribution in [0.4, 0.5) is 0 Å². The number of hydrogen-bond donors (Lipinski definition) is 1. The average molecular weight is 323 g/mol. The molecule has 24 heavy (non-hydrogen) atoms. The van der Waals surface area contributed by atoms with Crippen molar-refractivity contribution >= 4 is 16.8 Å². The molecule has 1 aliphatic heterocycles. The number of nitrogens with one attached hydrogen (secondary N) is 1. The summed E-state index contributed by atoms with van der Waals surface area (Å²) in [4.78, 5) is 18.9. The highest BCUT2D eigenvalue weighted by Gasteiger charge is 2.36. The van der Waals surface area contributed by atoms with Gasteiger partial charge in [-0.1, -0.05) is 31.2 Å². The van der Waals surface area contributed by atoms with E-state index in [9.17, 15) is 4.79 Å². The molecule has 4 nitrogen and oxygen atoms in total. The number of hydrogen-bond acceptors (Lipinski definition) is 3. The predicted molar refractivity (Wildman–Crippen MR) is 95.5 cm³/mol. The quantitative estimate of drug-likeness (QED) is 0.941. The lowest BCUT2D eigenvalue weighted by molar-refractivity contribution is -0.134. The van der Waals surface area contributed by atoms with Gasteiger partial charge in [0.15, 0.2) is 0 Å². The van der Waals surface area contributed by atoms with E-state index in [1.807, 2.05) is 12.3 Å². The minimum Gasteiger partial charge on any atom is -0.342 e. The van der Waals surface area contributed by atoms with Gasteiger partial charge in [0.25, 0.3) is 0 Å². The van der Waals surface area contributed by atoms with Gasteiger partial charge in [0.2, 0.25) is 5.91 Å². The number of amides is 1. The van der Waals surface area contributed by atoms with Crippen molar-refractivity contribution in [2.45, 2.75) is 38.8 Å². The number of likely N-dealkylation sites (tertiary alicyclic amines) is 1. The molecule has 4 heteroatoms. The van der Waals surface area contributed by atoms with Crippen LogP contribution in [0.3, 0.4) is 0 Å². The Morgan fingerprint density at radius 3 is 2.88 bits per heavy atom. The molecule has 1 saturated carbocycles. The van der Waals surface area contributed by atoms with Crippen molar-refractivity contribution < 1.29 is 4.79 Å². The minimum atomic E-state index is 0.337. The Balaban J connectivity index is 1.38. The summed E-state index contributed by atoms with van der Waals surface area (Å²) in [5.41, 5.74) is 2.33. The molecule has 1 aromatic heterocycles. The molecular formula is C20H25N3O. The first-order valence-corrected chi connectivity index (χ1v) is 9.07. The number of aromatic nitrogens is 1. The van der Waals surface area contributed by atoms with Crippen molar-refractivity contribution in [3.63, 3.8) is 0 Å². The largest absolute Gasteiger partial charge is 0.342 e. The third-order valence-electron chi connectivity index (χ3n) is 5.41. The van der Waals surface area contributed by atoms with E-state index in [4.69, 9.17) is 0 Å². The summed E-state index contributed by atoms with van der Waals surface area (Å²) in [6.45, 7) is 4.87. The number of fused-ring (bicyclic) bond motifs is 1. The smallest absolute Gasteiger partial charge is 0.225 e. The molecule has 126 valence electrons. The second-order valence-electron chi connectivity index (χ2n) is 7.30. The maximum absolute atomic E-state index is 12.2. The van der Waals surface area contributed by atoms with Gasteiger partial charge in [-0.15, -0.1) is 0 Å². The molecule has 1 aliphatic carbocycles. The minimum absolute atomic E-state index is 0.337. The van der Waals surface area contributed by atoms with Crippen molar-refractivity contribution in [1.82, 2.24) is 15.2 Å². The van der Waals surface area contributed by atoms with Crippen molar-refractivity contribution in [1.29, 1.82) is 0 Å². The van der Waals surface area contributed by atoms with E-state index in [0.29, 0.717) is 23.8 Å². The number of nitrogens with zero attached hydrogens (tertiary/aromatic N) is 2. The zero-order valence-electron chi connectivity index (χ0n) is 14.2. The molecular weight excluding hydrogens is 298 g/mol. The zero-order chi connectivity index (χ0) is 16.5. The first kappa shape index (κ1) is 15.6. The van der Waals surface area contributed by atoms with Gasteiger partial charge < -0.3 is 10.2 Å². The first-order chi connectivity index (χ1) is 11.7. The summed E-state index contributed by atoms with van der Waals surface area (Å²) in [6, 6.07) is 10.9. The van der Waals surface area contributed by atoms with E-state index in [-0.39, 0.29) is 0 Å². The average Bonchev–Trinajstić information content (AvgIpc) is 3.45. The molecule has 0 unspecified atom stereocenters. The summed E-state index contributed by atoms with van der Waals surface area (Å²) in [6.07, 6.45) is 5.09. The Morgan fingerprint density at radius 1 is 1.25 bits per heavy atom. The highest BCUT2D eigenvalue weighted by atomic mass is 16.2.